The van der Waals surface area contributed by atoms with Crippen molar-refractivity contribution in [3.05, 3.63) is 23.8 Å². The third-order valence-electron chi connectivity index (χ3n) is 3.79. The van der Waals surface area contributed by atoms with E-state index in [9.17, 15) is 0 Å². The zero-order chi connectivity index (χ0) is 14.8. The summed E-state index contributed by atoms with van der Waals surface area (Å²) in [6, 6.07) is 6.33. The lowest BCUT2D eigenvalue weighted by Crippen LogP contribution is -2.40. The van der Waals surface area contributed by atoms with E-state index in [-0.39, 0.29) is 5.60 Å². The number of benzene rings is 1. The normalized spacial score (nSPS) is 20.4. The van der Waals surface area contributed by atoms with Crippen LogP contribution in [0.4, 0.5) is 0 Å². The second-order valence-corrected chi connectivity index (χ2v) is 6.63. The van der Waals surface area contributed by atoms with Crippen LogP contribution in [0.1, 0.15) is 52.1 Å². The van der Waals surface area contributed by atoms with Crippen LogP contribution in [0.2, 0.25) is 0 Å². The molecular formula is C17H27NO2. The standard InChI is InChI=1S/C17H27NO2/c1-12(2)9-10-18-13-11-17(3,4)20-15-8-6-7-14(19-5)16(13)15/h6-8,12-13,18H,9-11H2,1-5H3. The van der Waals surface area contributed by atoms with E-state index in [4.69, 9.17) is 9.47 Å². The lowest BCUT2D eigenvalue weighted by atomic mass is 9.89. The Morgan fingerprint density at radius 2 is 2.15 bits per heavy atom. The van der Waals surface area contributed by atoms with E-state index in [1.807, 2.05) is 18.2 Å². The van der Waals surface area contributed by atoms with Gasteiger partial charge in [-0.25, -0.2) is 0 Å². The first-order valence-electron chi connectivity index (χ1n) is 7.52. The number of rotatable bonds is 5. The van der Waals surface area contributed by atoms with E-state index in [0.717, 1.165) is 30.0 Å². The molecule has 1 aliphatic heterocycles. The molecule has 1 atom stereocenters. The fourth-order valence-corrected chi connectivity index (χ4v) is 2.79. The summed E-state index contributed by atoms with van der Waals surface area (Å²) in [6.07, 6.45) is 2.14. The molecule has 1 aromatic carbocycles. The zero-order valence-corrected chi connectivity index (χ0v) is 13.3. The Kier molecular flexibility index (Phi) is 4.59. The van der Waals surface area contributed by atoms with Crippen molar-refractivity contribution in [1.82, 2.24) is 5.32 Å². The van der Waals surface area contributed by atoms with Crippen LogP contribution in [0.25, 0.3) is 0 Å². The molecule has 1 unspecified atom stereocenters. The van der Waals surface area contributed by atoms with Crippen LogP contribution in [0.5, 0.6) is 11.5 Å². The van der Waals surface area contributed by atoms with E-state index in [2.05, 4.69) is 33.0 Å². The lowest BCUT2D eigenvalue weighted by molar-refractivity contribution is 0.0646. The number of hydrogen-bond acceptors (Lipinski definition) is 3. The SMILES string of the molecule is COc1cccc2c1C(NCCC(C)C)CC(C)(C)O2. The van der Waals surface area contributed by atoms with Crippen LogP contribution in [0, 0.1) is 5.92 Å². The van der Waals surface area contributed by atoms with Crippen LogP contribution in [-0.4, -0.2) is 19.3 Å². The van der Waals surface area contributed by atoms with Crippen molar-refractivity contribution in [2.24, 2.45) is 5.92 Å². The van der Waals surface area contributed by atoms with Gasteiger partial charge in [0.25, 0.3) is 0 Å². The van der Waals surface area contributed by atoms with Gasteiger partial charge >= 0.3 is 0 Å². The monoisotopic (exact) mass is 277 g/mol. The summed E-state index contributed by atoms with van der Waals surface area (Å²) in [6.45, 7) is 9.82. The van der Waals surface area contributed by atoms with E-state index in [1.165, 1.54) is 6.42 Å². The van der Waals surface area contributed by atoms with Crippen LogP contribution < -0.4 is 14.8 Å². The van der Waals surface area contributed by atoms with Crippen molar-refractivity contribution < 1.29 is 9.47 Å². The molecule has 3 heteroatoms. The molecule has 20 heavy (non-hydrogen) atoms. The van der Waals surface area contributed by atoms with Gasteiger partial charge < -0.3 is 14.8 Å². The highest BCUT2D eigenvalue weighted by molar-refractivity contribution is 5.48. The van der Waals surface area contributed by atoms with Gasteiger partial charge in [0.15, 0.2) is 0 Å². The topological polar surface area (TPSA) is 30.5 Å². The second-order valence-electron chi connectivity index (χ2n) is 6.63. The van der Waals surface area contributed by atoms with Gasteiger partial charge in [-0.1, -0.05) is 19.9 Å². The Bertz CT molecular complexity index is 454. The highest BCUT2D eigenvalue weighted by atomic mass is 16.5. The zero-order valence-electron chi connectivity index (χ0n) is 13.3. The maximum absolute atomic E-state index is 6.10. The molecule has 0 saturated heterocycles. The van der Waals surface area contributed by atoms with E-state index < -0.39 is 0 Å². The van der Waals surface area contributed by atoms with Crippen molar-refractivity contribution in [2.75, 3.05) is 13.7 Å². The smallest absolute Gasteiger partial charge is 0.128 e. The van der Waals surface area contributed by atoms with Crippen molar-refractivity contribution >= 4 is 0 Å². The molecular weight excluding hydrogens is 250 g/mol. The molecule has 1 aliphatic rings. The summed E-state index contributed by atoms with van der Waals surface area (Å²) in [5, 5.41) is 3.68. The highest BCUT2D eigenvalue weighted by Gasteiger charge is 2.35. The Morgan fingerprint density at radius 3 is 2.80 bits per heavy atom. The molecule has 0 saturated carbocycles. The predicted molar refractivity (Wildman–Crippen MR) is 82.5 cm³/mol. The fraction of sp³-hybridized carbons (Fsp3) is 0.647. The van der Waals surface area contributed by atoms with Gasteiger partial charge in [-0.05, 0) is 44.9 Å². The Morgan fingerprint density at radius 1 is 1.40 bits per heavy atom. The molecule has 0 radical (unpaired) electrons. The minimum atomic E-state index is -0.144. The summed E-state index contributed by atoms with van der Waals surface area (Å²) in [7, 11) is 1.72. The van der Waals surface area contributed by atoms with Gasteiger partial charge in [-0.15, -0.1) is 0 Å². The molecule has 112 valence electrons. The van der Waals surface area contributed by atoms with Gasteiger partial charge in [0, 0.05) is 12.5 Å². The number of fused-ring (bicyclic) bond motifs is 1. The molecule has 3 nitrogen and oxygen atoms in total. The van der Waals surface area contributed by atoms with Crippen LogP contribution in [-0.2, 0) is 0 Å². The maximum Gasteiger partial charge on any atom is 0.128 e. The largest absolute Gasteiger partial charge is 0.496 e. The Balaban J connectivity index is 2.23. The van der Waals surface area contributed by atoms with E-state index in [1.54, 1.807) is 7.11 Å². The quantitative estimate of drug-likeness (QED) is 0.884. The first-order valence-corrected chi connectivity index (χ1v) is 7.52. The van der Waals surface area contributed by atoms with Gasteiger partial charge in [0.05, 0.1) is 12.7 Å². The number of hydrogen-bond donors (Lipinski definition) is 1. The molecule has 1 aromatic rings. The van der Waals surface area contributed by atoms with Gasteiger partial charge in [0.2, 0.25) is 0 Å². The first kappa shape index (κ1) is 15.2. The molecule has 0 aromatic heterocycles. The molecule has 1 heterocycles. The fourth-order valence-electron chi connectivity index (χ4n) is 2.79. The van der Waals surface area contributed by atoms with E-state index >= 15 is 0 Å². The summed E-state index contributed by atoms with van der Waals surface area (Å²) in [4.78, 5) is 0. The summed E-state index contributed by atoms with van der Waals surface area (Å²) >= 11 is 0. The molecule has 0 fully saturated rings. The maximum atomic E-state index is 6.10. The van der Waals surface area contributed by atoms with Crippen LogP contribution in [0.3, 0.4) is 0 Å². The second kappa shape index (κ2) is 6.04. The summed E-state index contributed by atoms with van der Waals surface area (Å²) in [5.74, 6) is 2.58. The van der Waals surface area contributed by atoms with Gasteiger partial charge in [-0.3, -0.25) is 0 Å². The highest BCUT2D eigenvalue weighted by Crippen LogP contribution is 2.44. The van der Waals surface area contributed by atoms with Crippen molar-refractivity contribution in [3.63, 3.8) is 0 Å². The number of methoxy groups -OCH3 is 1. The van der Waals surface area contributed by atoms with Crippen molar-refractivity contribution in [1.29, 1.82) is 0 Å². The minimum absolute atomic E-state index is 0.144. The first-order chi connectivity index (χ1) is 9.43. The summed E-state index contributed by atoms with van der Waals surface area (Å²) in [5.41, 5.74) is 1.02. The average Bonchev–Trinajstić information content (AvgIpc) is 2.35. The third kappa shape index (κ3) is 3.45. The van der Waals surface area contributed by atoms with Crippen molar-refractivity contribution in [2.45, 2.75) is 52.2 Å². The third-order valence-corrected chi connectivity index (χ3v) is 3.79. The van der Waals surface area contributed by atoms with E-state index in [0.29, 0.717) is 12.0 Å². The number of nitrogens with one attached hydrogen (secondary N) is 1. The minimum Gasteiger partial charge on any atom is -0.496 e. The lowest BCUT2D eigenvalue weighted by Gasteiger charge is -2.38. The number of ether oxygens (including phenoxy) is 2. The average molecular weight is 277 g/mol. The Hall–Kier alpha value is -1.22. The molecule has 1 N–H and O–H groups in total. The van der Waals surface area contributed by atoms with Crippen LogP contribution >= 0.6 is 0 Å². The van der Waals surface area contributed by atoms with Gasteiger partial charge in [-0.2, -0.15) is 0 Å². The Labute approximate surface area is 122 Å². The van der Waals surface area contributed by atoms with Crippen LogP contribution in [0.15, 0.2) is 18.2 Å². The van der Waals surface area contributed by atoms with Gasteiger partial charge in [0.1, 0.15) is 17.1 Å². The molecule has 0 amide bonds. The molecule has 0 spiro atoms. The predicted octanol–water partition coefficient (Wildman–Crippen LogP) is 3.93. The summed E-state index contributed by atoms with van der Waals surface area (Å²) < 4.78 is 11.6. The molecule has 0 bridgehead atoms. The molecule has 0 aliphatic carbocycles. The van der Waals surface area contributed by atoms with Crippen molar-refractivity contribution in [3.8, 4) is 11.5 Å². The molecule has 2 rings (SSSR count).